The number of rotatable bonds is 3. The second-order valence-corrected chi connectivity index (χ2v) is 2.08. The lowest BCUT2D eigenvalue weighted by Crippen LogP contribution is -2.22. The number of imide groups is 1. The summed E-state index contributed by atoms with van der Waals surface area (Å²) in [5.74, 6) is -0.830. The van der Waals surface area contributed by atoms with Crippen molar-refractivity contribution in [3.63, 3.8) is 0 Å². The van der Waals surface area contributed by atoms with Gasteiger partial charge in [0.25, 0.3) is 11.8 Å². The van der Waals surface area contributed by atoms with E-state index in [1.54, 1.807) is 0 Å². The molecule has 0 aromatic carbocycles. The third-order valence-electron chi connectivity index (χ3n) is 1.28. The van der Waals surface area contributed by atoms with Gasteiger partial charge < -0.3 is 4.74 Å². The van der Waals surface area contributed by atoms with E-state index in [0.717, 1.165) is 12.3 Å². The van der Waals surface area contributed by atoms with Crippen LogP contribution in [-0.2, 0) is 14.3 Å². The van der Waals surface area contributed by atoms with Crippen LogP contribution in [0.2, 0.25) is 0 Å². The number of ether oxygens (including phenoxy) is 1. The number of carbonyl (C=O) groups excluding carboxylic acids is 2. The van der Waals surface area contributed by atoms with Crippen molar-refractivity contribution in [3.05, 3.63) is 36.8 Å². The molecule has 1 aliphatic heterocycles. The van der Waals surface area contributed by atoms with Gasteiger partial charge in [0.05, 0.1) is 11.8 Å². The van der Waals surface area contributed by atoms with Crippen LogP contribution in [0.5, 0.6) is 0 Å². The molecule has 0 unspecified atom stereocenters. The van der Waals surface area contributed by atoms with Gasteiger partial charge in [0, 0.05) is 6.08 Å². The lowest BCUT2D eigenvalue weighted by atomic mass is 10.2. The Labute approximate surface area is 69.2 Å². The van der Waals surface area contributed by atoms with Gasteiger partial charge >= 0.3 is 0 Å². The molecule has 0 atom stereocenters. The van der Waals surface area contributed by atoms with E-state index in [9.17, 15) is 9.59 Å². The Hall–Kier alpha value is -1.84. The van der Waals surface area contributed by atoms with Gasteiger partial charge in [0.1, 0.15) is 5.76 Å². The van der Waals surface area contributed by atoms with Gasteiger partial charge in [-0.1, -0.05) is 13.2 Å². The van der Waals surface area contributed by atoms with Crippen LogP contribution >= 0.6 is 0 Å². The molecule has 0 bridgehead atoms. The van der Waals surface area contributed by atoms with Gasteiger partial charge in [-0.25, -0.2) is 0 Å². The van der Waals surface area contributed by atoms with Gasteiger partial charge in [-0.3, -0.25) is 14.9 Å². The fourth-order valence-electron chi connectivity index (χ4n) is 0.783. The molecule has 0 aliphatic carbocycles. The number of carbonyl (C=O) groups is 2. The summed E-state index contributed by atoms with van der Waals surface area (Å²) in [5.41, 5.74) is 0.139. The summed E-state index contributed by atoms with van der Waals surface area (Å²) in [6.45, 7) is 6.73. The molecule has 0 aromatic rings. The summed E-state index contributed by atoms with van der Waals surface area (Å²) in [5, 5.41) is 2.06. The predicted molar refractivity (Wildman–Crippen MR) is 41.7 cm³/mol. The average Bonchev–Trinajstić information content (AvgIpc) is 2.30. The molecule has 1 rings (SSSR count). The minimum Gasteiger partial charge on any atom is -0.465 e. The van der Waals surface area contributed by atoms with Crippen LogP contribution in [0.25, 0.3) is 0 Å². The molecule has 2 amide bonds. The van der Waals surface area contributed by atoms with Crippen molar-refractivity contribution >= 4 is 11.8 Å². The molecule has 0 fully saturated rings. The Kier molecular flexibility index (Phi) is 2.09. The molecule has 62 valence electrons. The summed E-state index contributed by atoms with van der Waals surface area (Å²) in [7, 11) is 0. The molecule has 0 saturated heterocycles. The molecule has 1 aliphatic rings. The number of nitrogens with one attached hydrogen (secondary N) is 1. The van der Waals surface area contributed by atoms with Gasteiger partial charge in [-0.2, -0.15) is 0 Å². The highest BCUT2D eigenvalue weighted by Crippen LogP contribution is 2.13. The maximum atomic E-state index is 10.9. The molecule has 1 heterocycles. The number of hydrogen-bond acceptors (Lipinski definition) is 3. The Bertz CT molecular complexity index is 301. The summed E-state index contributed by atoms with van der Waals surface area (Å²) < 4.78 is 4.73. The average molecular weight is 165 g/mol. The molecule has 12 heavy (non-hydrogen) atoms. The largest absolute Gasteiger partial charge is 0.465 e. The van der Waals surface area contributed by atoms with E-state index in [1.807, 2.05) is 0 Å². The van der Waals surface area contributed by atoms with E-state index in [2.05, 4.69) is 18.5 Å². The first-order valence-corrected chi connectivity index (χ1v) is 3.19. The molecule has 0 saturated carbocycles. The lowest BCUT2D eigenvalue weighted by Gasteiger charge is -2.01. The van der Waals surface area contributed by atoms with Crippen molar-refractivity contribution in [2.75, 3.05) is 0 Å². The molecule has 0 spiro atoms. The van der Waals surface area contributed by atoms with Crippen molar-refractivity contribution in [2.45, 2.75) is 0 Å². The third kappa shape index (κ3) is 1.42. The van der Waals surface area contributed by atoms with Crippen LogP contribution in [0, 0.1) is 0 Å². The maximum absolute atomic E-state index is 10.9. The van der Waals surface area contributed by atoms with Gasteiger partial charge in [0.15, 0.2) is 0 Å². The zero-order chi connectivity index (χ0) is 9.14. The zero-order valence-corrected chi connectivity index (χ0v) is 6.29. The van der Waals surface area contributed by atoms with Crippen LogP contribution < -0.4 is 5.32 Å². The minimum absolute atomic E-state index is 0.119. The van der Waals surface area contributed by atoms with Crippen molar-refractivity contribution in [2.24, 2.45) is 0 Å². The zero-order valence-electron chi connectivity index (χ0n) is 6.29. The normalized spacial score (nSPS) is 15.2. The standard InChI is InChI=1S/C8H7NO3/c1-3-12-5(2)6-4-7(10)9-8(6)11/h3-4H,1-2H2,(H,9,10,11). The third-order valence-corrected chi connectivity index (χ3v) is 1.28. The highest BCUT2D eigenvalue weighted by Gasteiger charge is 2.23. The summed E-state index contributed by atoms with van der Waals surface area (Å²) in [4.78, 5) is 21.6. The smallest absolute Gasteiger partial charge is 0.262 e. The quantitative estimate of drug-likeness (QED) is 0.481. The molecular formula is C8H7NO3. The van der Waals surface area contributed by atoms with E-state index in [1.165, 1.54) is 0 Å². The Balaban J connectivity index is 2.81. The number of amides is 2. The van der Waals surface area contributed by atoms with Gasteiger partial charge in [-0.15, -0.1) is 0 Å². The molecule has 4 nitrogen and oxygen atoms in total. The second-order valence-electron chi connectivity index (χ2n) is 2.08. The first kappa shape index (κ1) is 8.26. The fraction of sp³-hybridized carbons (Fsp3) is 0. The first-order valence-electron chi connectivity index (χ1n) is 3.19. The topological polar surface area (TPSA) is 55.4 Å². The van der Waals surface area contributed by atoms with Crippen molar-refractivity contribution in [1.82, 2.24) is 5.32 Å². The van der Waals surface area contributed by atoms with Crippen molar-refractivity contribution in [3.8, 4) is 0 Å². The highest BCUT2D eigenvalue weighted by atomic mass is 16.5. The summed E-state index contributed by atoms with van der Waals surface area (Å²) >= 11 is 0. The van der Waals surface area contributed by atoms with E-state index in [4.69, 9.17) is 4.74 Å². The summed E-state index contributed by atoms with van der Waals surface area (Å²) in [6, 6.07) is 0. The minimum atomic E-state index is -0.494. The maximum Gasteiger partial charge on any atom is 0.262 e. The van der Waals surface area contributed by atoms with E-state index in [-0.39, 0.29) is 11.3 Å². The molecule has 0 radical (unpaired) electrons. The second kappa shape index (κ2) is 3.04. The van der Waals surface area contributed by atoms with E-state index >= 15 is 0 Å². The predicted octanol–water partition coefficient (Wildman–Crippen LogP) is 0.243. The lowest BCUT2D eigenvalue weighted by molar-refractivity contribution is -0.123. The molecule has 0 aromatic heterocycles. The van der Waals surface area contributed by atoms with Crippen molar-refractivity contribution < 1.29 is 14.3 Å². The van der Waals surface area contributed by atoms with E-state index in [0.29, 0.717) is 0 Å². The van der Waals surface area contributed by atoms with Crippen LogP contribution in [0.15, 0.2) is 36.8 Å². The SMILES string of the molecule is C=COC(=C)C1=CC(=O)NC1=O. The number of hydrogen-bond donors (Lipinski definition) is 1. The first-order chi connectivity index (χ1) is 5.65. The Morgan fingerprint density at radius 1 is 1.58 bits per heavy atom. The Morgan fingerprint density at radius 3 is 2.67 bits per heavy atom. The monoisotopic (exact) mass is 165 g/mol. The van der Waals surface area contributed by atoms with Gasteiger partial charge in [0.2, 0.25) is 0 Å². The Morgan fingerprint density at radius 2 is 2.25 bits per heavy atom. The highest BCUT2D eigenvalue weighted by molar-refractivity contribution is 6.18. The molecular weight excluding hydrogens is 158 g/mol. The van der Waals surface area contributed by atoms with Gasteiger partial charge in [-0.05, 0) is 0 Å². The van der Waals surface area contributed by atoms with Crippen LogP contribution in [0.1, 0.15) is 0 Å². The van der Waals surface area contributed by atoms with Crippen LogP contribution in [-0.4, -0.2) is 11.8 Å². The van der Waals surface area contributed by atoms with Crippen molar-refractivity contribution in [1.29, 1.82) is 0 Å². The van der Waals surface area contributed by atoms with E-state index < -0.39 is 11.8 Å². The van der Waals surface area contributed by atoms with Crippen LogP contribution in [0.4, 0.5) is 0 Å². The fourth-order valence-corrected chi connectivity index (χ4v) is 0.783. The molecule has 1 N–H and O–H groups in total. The summed E-state index contributed by atoms with van der Waals surface area (Å²) in [6.07, 6.45) is 2.27. The molecule has 4 heteroatoms. The van der Waals surface area contributed by atoms with Crippen LogP contribution in [0.3, 0.4) is 0 Å².